The Hall–Kier alpha value is -3.93. The minimum Gasteiger partial charge on any atom is -0.462 e. The second-order valence-corrected chi connectivity index (χ2v) is 15.8. The number of hydrogen-bond donors (Lipinski definition) is 0. The molecule has 0 amide bonds. The van der Waals surface area contributed by atoms with Crippen molar-refractivity contribution in [2.45, 2.75) is 207 Å². The van der Waals surface area contributed by atoms with E-state index in [0.29, 0.717) is 19.3 Å². The van der Waals surface area contributed by atoms with Gasteiger partial charge in [-0.15, -0.1) is 0 Å². The molecule has 6 nitrogen and oxygen atoms in total. The Morgan fingerprint density at radius 1 is 0.361 bits per heavy atom. The maximum absolute atomic E-state index is 12.8. The average Bonchev–Trinajstić information content (AvgIpc) is 3.26. The van der Waals surface area contributed by atoms with Gasteiger partial charge in [-0.2, -0.15) is 0 Å². The molecule has 0 saturated heterocycles. The van der Waals surface area contributed by atoms with Crippen molar-refractivity contribution in [3.63, 3.8) is 0 Å². The standard InChI is InChI=1S/C55H88O6/c1-4-7-10-13-16-19-22-25-27-28-29-31-33-36-39-42-45-48-54(57)60-51-52(50-59-53(56)47-44-41-38-35-32-24-21-18-15-12-9-6-3)61-55(58)49-46-43-40-37-34-30-26-23-20-17-14-11-8-5-2/h7,9-10,12-13,16,18-19,21-22,25,27-31,33-34,52H,4-6,8,11,14-15,17,20,23-24,26,32,35-51H2,1-3H3/b10-7-,12-9-,16-13-,21-18-,22-19-,27-25-,29-28+,33-31-,34-30-. The Bertz CT molecular complexity index is 1290. The lowest BCUT2D eigenvalue weighted by Crippen LogP contribution is -2.30. The van der Waals surface area contributed by atoms with E-state index in [4.69, 9.17) is 14.2 Å². The van der Waals surface area contributed by atoms with Crippen LogP contribution in [-0.2, 0) is 28.6 Å². The first kappa shape index (κ1) is 57.1. The topological polar surface area (TPSA) is 78.9 Å². The number of unbranched alkanes of at least 4 members (excludes halogenated alkanes) is 18. The smallest absolute Gasteiger partial charge is 0.306 e. The number of hydrogen-bond acceptors (Lipinski definition) is 6. The van der Waals surface area contributed by atoms with Crippen molar-refractivity contribution in [2.75, 3.05) is 13.2 Å². The molecule has 1 unspecified atom stereocenters. The fourth-order valence-corrected chi connectivity index (χ4v) is 6.27. The molecule has 0 aromatic heterocycles. The monoisotopic (exact) mass is 845 g/mol. The first-order valence-corrected chi connectivity index (χ1v) is 24.5. The maximum atomic E-state index is 12.8. The fraction of sp³-hybridized carbons (Fsp3) is 0.618. The Labute approximate surface area is 374 Å². The van der Waals surface area contributed by atoms with Crippen LogP contribution in [0.1, 0.15) is 201 Å². The first-order chi connectivity index (χ1) is 30.0. The van der Waals surface area contributed by atoms with Crippen molar-refractivity contribution in [1.29, 1.82) is 0 Å². The molecule has 0 N–H and O–H groups in total. The molecule has 0 saturated carbocycles. The molecule has 0 radical (unpaired) electrons. The van der Waals surface area contributed by atoms with Crippen LogP contribution in [0.4, 0.5) is 0 Å². The summed E-state index contributed by atoms with van der Waals surface area (Å²) in [6.45, 7) is 6.29. The van der Waals surface area contributed by atoms with E-state index in [2.05, 4.69) is 69.4 Å². The van der Waals surface area contributed by atoms with Gasteiger partial charge in [0, 0.05) is 19.3 Å². The molecule has 0 aliphatic rings. The van der Waals surface area contributed by atoms with Crippen LogP contribution in [0.25, 0.3) is 0 Å². The van der Waals surface area contributed by atoms with E-state index >= 15 is 0 Å². The van der Waals surface area contributed by atoms with Crippen molar-refractivity contribution in [3.8, 4) is 0 Å². The summed E-state index contributed by atoms with van der Waals surface area (Å²) in [6.07, 6.45) is 65.0. The molecule has 61 heavy (non-hydrogen) atoms. The molecule has 0 spiro atoms. The van der Waals surface area contributed by atoms with Crippen LogP contribution >= 0.6 is 0 Å². The van der Waals surface area contributed by atoms with Gasteiger partial charge in [0.2, 0.25) is 0 Å². The van der Waals surface area contributed by atoms with Gasteiger partial charge in [-0.1, -0.05) is 201 Å². The SMILES string of the molecule is CC\C=C/C=C\C=C/C=C\C=C\C=C/CCCCCC(=O)OCC(COC(=O)CCCCCCC/C=C\C/C=C\CC)OC(=O)CCCCC/C=C\CCCCCCCCC. The van der Waals surface area contributed by atoms with Crippen molar-refractivity contribution in [1.82, 2.24) is 0 Å². The molecular weight excluding hydrogens is 757 g/mol. The third-order valence-corrected chi connectivity index (χ3v) is 9.90. The Morgan fingerprint density at radius 3 is 1.21 bits per heavy atom. The lowest BCUT2D eigenvalue weighted by molar-refractivity contribution is -0.167. The van der Waals surface area contributed by atoms with Gasteiger partial charge < -0.3 is 14.2 Å². The van der Waals surface area contributed by atoms with Gasteiger partial charge in [-0.05, 0) is 89.9 Å². The molecular formula is C55H88O6. The molecule has 0 aromatic carbocycles. The second kappa shape index (κ2) is 48.7. The number of rotatable bonds is 42. The molecule has 0 aliphatic heterocycles. The zero-order valence-corrected chi connectivity index (χ0v) is 39.1. The van der Waals surface area contributed by atoms with Gasteiger partial charge in [0.25, 0.3) is 0 Å². The number of ether oxygens (including phenoxy) is 3. The van der Waals surface area contributed by atoms with Crippen molar-refractivity contribution in [2.24, 2.45) is 0 Å². The fourth-order valence-electron chi connectivity index (χ4n) is 6.27. The van der Waals surface area contributed by atoms with Crippen LogP contribution in [-0.4, -0.2) is 37.2 Å². The van der Waals surface area contributed by atoms with Crippen molar-refractivity contribution in [3.05, 3.63) is 109 Å². The van der Waals surface area contributed by atoms with Gasteiger partial charge in [0.1, 0.15) is 13.2 Å². The minimum atomic E-state index is -0.811. The summed E-state index contributed by atoms with van der Waals surface area (Å²) in [4.78, 5) is 37.9. The Balaban J connectivity index is 4.53. The van der Waals surface area contributed by atoms with Gasteiger partial charge in [0.05, 0.1) is 0 Å². The lowest BCUT2D eigenvalue weighted by atomic mass is 10.1. The Kier molecular flexibility index (Phi) is 45.6. The maximum Gasteiger partial charge on any atom is 0.306 e. The van der Waals surface area contributed by atoms with Crippen LogP contribution in [0.15, 0.2) is 109 Å². The first-order valence-electron chi connectivity index (χ1n) is 24.5. The van der Waals surface area contributed by atoms with Gasteiger partial charge in [0.15, 0.2) is 6.10 Å². The van der Waals surface area contributed by atoms with Crippen LogP contribution in [0, 0.1) is 0 Å². The minimum absolute atomic E-state index is 0.108. The molecule has 0 aromatic rings. The summed E-state index contributed by atoms with van der Waals surface area (Å²) in [5.74, 6) is -0.991. The van der Waals surface area contributed by atoms with E-state index in [9.17, 15) is 14.4 Å². The van der Waals surface area contributed by atoms with Crippen LogP contribution in [0.5, 0.6) is 0 Å². The highest BCUT2D eigenvalue weighted by Gasteiger charge is 2.19. The third-order valence-electron chi connectivity index (χ3n) is 9.90. The van der Waals surface area contributed by atoms with Gasteiger partial charge in [-0.3, -0.25) is 14.4 Å². The highest BCUT2D eigenvalue weighted by molar-refractivity contribution is 5.71. The van der Waals surface area contributed by atoms with Crippen LogP contribution < -0.4 is 0 Å². The molecule has 6 heteroatoms. The van der Waals surface area contributed by atoms with Crippen molar-refractivity contribution >= 4 is 17.9 Å². The normalized spacial score (nSPS) is 13.0. The van der Waals surface area contributed by atoms with E-state index in [-0.39, 0.29) is 31.1 Å². The van der Waals surface area contributed by atoms with Gasteiger partial charge in [-0.25, -0.2) is 0 Å². The lowest BCUT2D eigenvalue weighted by Gasteiger charge is -2.18. The van der Waals surface area contributed by atoms with E-state index in [1.807, 2.05) is 60.8 Å². The summed E-state index contributed by atoms with van der Waals surface area (Å²) in [7, 11) is 0. The van der Waals surface area contributed by atoms with Crippen LogP contribution in [0.2, 0.25) is 0 Å². The van der Waals surface area contributed by atoms with Crippen LogP contribution in [0.3, 0.4) is 0 Å². The third kappa shape index (κ3) is 47.0. The summed E-state index contributed by atoms with van der Waals surface area (Å²) < 4.78 is 16.7. The largest absolute Gasteiger partial charge is 0.462 e. The van der Waals surface area contributed by atoms with Gasteiger partial charge >= 0.3 is 17.9 Å². The number of carbonyl (C=O) groups excluding carboxylic acids is 3. The predicted molar refractivity (Wildman–Crippen MR) is 260 cm³/mol. The summed E-state index contributed by atoms with van der Waals surface area (Å²) in [5, 5.41) is 0. The molecule has 344 valence electrons. The number of esters is 3. The summed E-state index contributed by atoms with van der Waals surface area (Å²) in [5.41, 5.74) is 0. The second-order valence-electron chi connectivity index (χ2n) is 15.8. The summed E-state index contributed by atoms with van der Waals surface area (Å²) in [6, 6.07) is 0. The molecule has 0 fully saturated rings. The van der Waals surface area contributed by atoms with E-state index < -0.39 is 6.10 Å². The highest BCUT2D eigenvalue weighted by atomic mass is 16.6. The van der Waals surface area contributed by atoms with Crippen molar-refractivity contribution < 1.29 is 28.6 Å². The number of allylic oxidation sites excluding steroid dienone is 18. The highest BCUT2D eigenvalue weighted by Crippen LogP contribution is 2.13. The zero-order valence-electron chi connectivity index (χ0n) is 39.1. The summed E-state index contributed by atoms with van der Waals surface area (Å²) >= 11 is 0. The predicted octanol–water partition coefficient (Wildman–Crippen LogP) is 16.0. The molecule has 1 atom stereocenters. The van der Waals surface area contributed by atoms with E-state index in [0.717, 1.165) is 116 Å². The van der Waals surface area contributed by atoms with E-state index in [1.54, 1.807) is 0 Å². The zero-order chi connectivity index (χ0) is 44.4. The Morgan fingerprint density at radius 2 is 0.721 bits per heavy atom. The molecule has 0 bridgehead atoms. The number of carbonyl (C=O) groups is 3. The molecule has 0 heterocycles. The average molecular weight is 845 g/mol. The quantitative estimate of drug-likeness (QED) is 0.0200. The molecule has 0 aliphatic carbocycles. The van der Waals surface area contributed by atoms with E-state index in [1.165, 1.54) is 44.9 Å². The molecule has 0 rings (SSSR count).